The Labute approximate surface area is 112 Å². The standard InChI is InChI=1S/C14H19N3S/c1-9(2)12-13(16-17(3)14(12)15)10-5-7-11(18-4)8-6-10/h5-9H,15H2,1-4H3. The second-order valence-electron chi connectivity index (χ2n) is 4.65. The van der Waals surface area contributed by atoms with Crippen molar-refractivity contribution < 1.29 is 0 Å². The van der Waals surface area contributed by atoms with Gasteiger partial charge >= 0.3 is 0 Å². The quantitative estimate of drug-likeness (QED) is 0.860. The van der Waals surface area contributed by atoms with Gasteiger partial charge in [-0.25, -0.2) is 0 Å². The van der Waals surface area contributed by atoms with Crippen LogP contribution in [0.3, 0.4) is 0 Å². The fourth-order valence-electron chi connectivity index (χ4n) is 2.08. The summed E-state index contributed by atoms with van der Waals surface area (Å²) < 4.78 is 1.76. The molecule has 1 heterocycles. The third kappa shape index (κ3) is 2.25. The molecule has 0 spiro atoms. The maximum absolute atomic E-state index is 6.09. The third-order valence-electron chi connectivity index (χ3n) is 3.07. The number of aromatic nitrogens is 2. The Hall–Kier alpha value is -1.42. The number of nitrogens with two attached hydrogens (primary N) is 1. The topological polar surface area (TPSA) is 43.8 Å². The van der Waals surface area contributed by atoms with Crippen LogP contribution in [-0.4, -0.2) is 16.0 Å². The number of nitrogen functional groups attached to an aromatic ring is 1. The molecular formula is C14H19N3S. The van der Waals surface area contributed by atoms with Gasteiger partial charge < -0.3 is 5.73 Å². The van der Waals surface area contributed by atoms with Crippen LogP contribution in [0.5, 0.6) is 0 Å². The number of hydrogen-bond acceptors (Lipinski definition) is 3. The van der Waals surface area contributed by atoms with Crippen molar-refractivity contribution in [2.75, 3.05) is 12.0 Å². The smallest absolute Gasteiger partial charge is 0.125 e. The van der Waals surface area contributed by atoms with Crippen LogP contribution in [0.2, 0.25) is 0 Å². The second kappa shape index (κ2) is 5.06. The molecule has 4 heteroatoms. The van der Waals surface area contributed by atoms with E-state index in [9.17, 15) is 0 Å². The fraction of sp³-hybridized carbons (Fsp3) is 0.357. The third-order valence-corrected chi connectivity index (χ3v) is 3.81. The molecular weight excluding hydrogens is 242 g/mol. The molecule has 18 heavy (non-hydrogen) atoms. The molecule has 96 valence electrons. The van der Waals surface area contributed by atoms with Crippen LogP contribution < -0.4 is 5.73 Å². The average molecular weight is 261 g/mol. The van der Waals surface area contributed by atoms with Crippen molar-refractivity contribution in [1.82, 2.24) is 9.78 Å². The Balaban J connectivity index is 2.52. The first-order chi connectivity index (χ1) is 8.54. The van der Waals surface area contributed by atoms with Gasteiger partial charge in [0.15, 0.2) is 0 Å². The van der Waals surface area contributed by atoms with E-state index >= 15 is 0 Å². The molecule has 2 rings (SSSR count). The molecule has 0 amide bonds. The Morgan fingerprint density at radius 1 is 1.22 bits per heavy atom. The lowest BCUT2D eigenvalue weighted by Gasteiger charge is -2.07. The van der Waals surface area contributed by atoms with E-state index in [1.807, 2.05) is 7.05 Å². The normalized spacial score (nSPS) is 11.2. The maximum Gasteiger partial charge on any atom is 0.125 e. The van der Waals surface area contributed by atoms with Crippen LogP contribution in [0.15, 0.2) is 29.2 Å². The van der Waals surface area contributed by atoms with E-state index in [0.29, 0.717) is 5.92 Å². The Morgan fingerprint density at radius 2 is 1.83 bits per heavy atom. The summed E-state index contributed by atoms with van der Waals surface area (Å²) in [5, 5.41) is 4.54. The van der Waals surface area contributed by atoms with Crippen LogP contribution in [-0.2, 0) is 7.05 Å². The van der Waals surface area contributed by atoms with E-state index < -0.39 is 0 Å². The zero-order valence-corrected chi connectivity index (χ0v) is 12.1. The summed E-state index contributed by atoms with van der Waals surface area (Å²) in [6, 6.07) is 8.46. The molecule has 3 nitrogen and oxygen atoms in total. The summed E-state index contributed by atoms with van der Waals surface area (Å²) in [6.45, 7) is 4.29. The molecule has 0 aliphatic carbocycles. The summed E-state index contributed by atoms with van der Waals surface area (Å²) in [7, 11) is 1.89. The van der Waals surface area contributed by atoms with Gasteiger partial charge in [-0.1, -0.05) is 26.0 Å². The van der Waals surface area contributed by atoms with Crippen LogP contribution in [0.25, 0.3) is 11.3 Å². The summed E-state index contributed by atoms with van der Waals surface area (Å²) in [5.74, 6) is 1.13. The lowest BCUT2D eigenvalue weighted by atomic mass is 9.99. The highest BCUT2D eigenvalue weighted by molar-refractivity contribution is 7.98. The lowest BCUT2D eigenvalue weighted by Crippen LogP contribution is -2.00. The van der Waals surface area contributed by atoms with Crippen molar-refractivity contribution in [2.24, 2.45) is 7.05 Å². The predicted molar refractivity (Wildman–Crippen MR) is 78.9 cm³/mol. The zero-order valence-electron chi connectivity index (χ0n) is 11.3. The van der Waals surface area contributed by atoms with Crippen molar-refractivity contribution >= 4 is 17.6 Å². The maximum atomic E-state index is 6.09. The van der Waals surface area contributed by atoms with Crippen LogP contribution in [0, 0.1) is 0 Å². The molecule has 0 saturated heterocycles. The average Bonchev–Trinajstić information content (AvgIpc) is 2.66. The minimum atomic E-state index is 0.369. The summed E-state index contributed by atoms with van der Waals surface area (Å²) in [6.07, 6.45) is 2.08. The summed E-state index contributed by atoms with van der Waals surface area (Å²) in [5.41, 5.74) is 9.35. The van der Waals surface area contributed by atoms with Gasteiger partial charge in [0.1, 0.15) is 5.82 Å². The molecule has 0 aliphatic rings. The van der Waals surface area contributed by atoms with E-state index in [4.69, 9.17) is 5.73 Å². The number of hydrogen-bond donors (Lipinski definition) is 1. The molecule has 2 aromatic rings. The molecule has 1 aromatic heterocycles. The zero-order chi connectivity index (χ0) is 13.3. The van der Waals surface area contributed by atoms with Gasteiger partial charge in [-0.15, -0.1) is 11.8 Å². The fourth-order valence-corrected chi connectivity index (χ4v) is 2.49. The van der Waals surface area contributed by atoms with Gasteiger partial charge in [-0.05, 0) is 24.3 Å². The van der Waals surface area contributed by atoms with E-state index in [0.717, 1.165) is 22.6 Å². The molecule has 0 bridgehead atoms. The van der Waals surface area contributed by atoms with Crippen LogP contribution in [0.4, 0.5) is 5.82 Å². The van der Waals surface area contributed by atoms with Gasteiger partial charge in [0, 0.05) is 23.1 Å². The molecule has 0 unspecified atom stereocenters. The van der Waals surface area contributed by atoms with E-state index in [1.54, 1.807) is 16.4 Å². The van der Waals surface area contributed by atoms with Crippen molar-refractivity contribution in [1.29, 1.82) is 0 Å². The van der Waals surface area contributed by atoms with Crippen LogP contribution >= 0.6 is 11.8 Å². The molecule has 0 radical (unpaired) electrons. The van der Waals surface area contributed by atoms with Crippen LogP contribution in [0.1, 0.15) is 25.3 Å². The predicted octanol–water partition coefficient (Wildman–Crippen LogP) is 3.51. The number of benzene rings is 1. The lowest BCUT2D eigenvalue weighted by molar-refractivity contribution is 0.780. The van der Waals surface area contributed by atoms with Gasteiger partial charge in [0.2, 0.25) is 0 Å². The van der Waals surface area contributed by atoms with Gasteiger partial charge in [0.05, 0.1) is 5.69 Å². The summed E-state index contributed by atoms with van der Waals surface area (Å²) >= 11 is 1.74. The number of rotatable bonds is 3. The van der Waals surface area contributed by atoms with Gasteiger partial charge in [-0.2, -0.15) is 5.10 Å². The summed E-state index contributed by atoms with van der Waals surface area (Å²) in [4.78, 5) is 1.26. The largest absolute Gasteiger partial charge is 0.384 e. The van der Waals surface area contributed by atoms with E-state index in [1.165, 1.54) is 4.90 Å². The van der Waals surface area contributed by atoms with E-state index in [2.05, 4.69) is 49.5 Å². The highest BCUT2D eigenvalue weighted by atomic mass is 32.2. The Morgan fingerprint density at radius 3 is 2.33 bits per heavy atom. The number of thioether (sulfide) groups is 1. The van der Waals surface area contributed by atoms with Crippen molar-refractivity contribution in [3.63, 3.8) is 0 Å². The van der Waals surface area contributed by atoms with Gasteiger partial charge in [-0.3, -0.25) is 4.68 Å². The van der Waals surface area contributed by atoms with Crippen molar-refractivity contribution in [3.05, 3.63) is 29.8 Å². The molecule has 0 saturated carbocycles. The Bertz CT molecular complexity index is 541. The first-order valence-corrected chi connectivity index (χ1v) is 7.23. The molecule has 0 aliphatic heterocycles. The van der Waals surface area contributed by atoms with Crippen molar-refractivity contribution in [3.8, 4) is 11.3 Å². The van der Waals surface area contributed by atoms with Gasteiger partial charge in [0.25, 0.3) is 0 Å². The Kier molecular flexibility index (Phi) is 3.66. The number of anilines is 1. The minimum absolute atomic E-state index is 0.369. The monoisotopic (exact) mass is 261 g/mol. The highest BCUT2D eigenvalue weighted by Crippen LogP contribution is 2.33. The van der Waals surface area contributed by atoms with Crippen molar-refractivity contribution in [2.45, 2.75) is 24.7 Å². The second-order valence-corrected chi connectivity index (χ2v) is 5.53. The van der Waals surface area contributed by atoms with E-state index in [-0.39, 0.29) is 0 Å². The number of nitrogens with zero attached hydrogens (tertiary/aromatic N) is 2. The SMILES string of the molecule is CSc1ccc(-c2nn(C)c(N)c2C(C)C)cc1. The molecule has 1 aromatic carbocycles. The molecule has 2 N–H and O–H groups in total. The number of aryl methyl sites for hydroxylation is 1. The molecule has 0 fully saturated rings. The molecule has 0 atom stereocenters. The first-order valence-electron chi connectivity index (χ1n) is 6.01. The minimum Gasteiger partial charge on any atom is -0.384 e. The first kappa shape index (κ1) is 13.0. The highest BCUT2D eigenvalue weighted by Gasteiger charge is 2.17.